The van der Waals surface area contributed by atoms with Crippen LogP contribution in [-0.4, -0.2) is 98.2 Å². The highest BCUT2D eigenvalue weighted by Gasteiger charge is 2.81. The van der Waals surface area contributed by atoms with Crippen LogP contribution in [0.3, 0.4) is 0 Å². The summed E-state index contributed by atoms with van der Waals surface area (Å²) in [6, 6.07) is 0. The van der Waals surface area contributed by atoms with Gasteiger partial charge in [-0.05, 0) is 62.4 Å². The van der Waals surface area contributed by atoms with Gasteiger partial charge in [-0.15, -0.1) is 0 Å². The Kier molecular flexibility index (Phi) is 5.53. The molecule has 11 nitrogen and oxygen atoms in total. The number of ether oxygens (including phenoxy) is 3. The van der Waals surface area contributed by atoms with Crippen molar-refractivity contribution in [3.05, 3.63) is 12.2 Å². The highest BCUT2D eigenvalue weighted by atomic mass is 16.7. The highest BCUT2D eigenvalue weighted by molar-refractivity contribution is 5.83. The van der Waals surface area contributed by atoms with Gasteiger partial charge < -0.3 is 44.8 Å². The third kappa shape index (κ3) is 3.02. The smallest absolute Gasteiger partial charge is 0.314 e. The summed E-state index contributed by atoms with van der Waals surface area (Å²) in [5.74, 6) is -3.07. The number of aliphatic hydroxyl groups excluding tert-OH is 5. The number of carbonyl (C=O) groups is 2. The van der Waals surface area contributed by atoms with E-state index >= 15 is 0 Å². The van der Waals surface area contributed by atoms with Gasteiger partial charge in [-0.1, -0.05) is 6.58 Å². The zero-order chi connectivity index (χ0) is 26.7. The largest absolute Gasteiger partial charge is 0.465 e. The van der Waals surface area contributed by atoms with Gasteiger partial charge in [0.25, 0.3) is 0 Å². The van der Waals surface area contributed by atoms with Crippen molar-refractivity contribution < 1.29 is 54.4 Å². The van der Waals surface area contributed by atoms with Crippen LogP contribution in [0.15, 0.2) is 12.2 Å². The lowest BCUT2D eigenvalue weighted by Crippen LogP contribution is -2.64. The molecule has 2 aliphatic heterocycles. The van der Waals surface area contributed by atoms with Gasteiger partial charge in [-0.25, -0.2) is 0 Å². The molecule has 0 amide bonds. The van der Waals surface area contributed by atoms with Gasteiger partial charge in [-0.2, -0.15) is 0 Å². The lowest BCUT2D eigenvalue weighted by Gasteiger charge is -2.57. The molecule has 6 fully saturated rings. The number of fused-ring (bicyclic) bond motifs is 1. The maximum absolute atomic E-state index is 14.2. The number of hydrogen-bond acceptors (Lipinski definition) is 11. The molecule has 0 aromatic rings. The van der Waals surface area contributed by atoms with E-state index in [1.807, 2.05) is 0 Å². The van der Waals surface area contributed by atoms with E-state index in [0.29, 0.717) is 37.7 Å². The maximum Gasteiger partial charge on any atom is 0.314 e. The molecule has 0 radical (unpaired) electrons. The summed E-state index contributed by atoms with van der Waals surface area (Å²) < 4.78 is 16.8. The van der Waals surface area contributed by atoms with E-state index in [4.69, 9.17) is 14.2 Å². The van der Waals surface area contributed by atoms with Gasteiger partial charge in [0.2, 0.25) is 6.29 Å². The molecule has 11 heteroatoms. The van der Waals surface area contributed by atoms with Crippen LogP contribution >= 0.6 is 0 Å². The lowest BCUT2D eigenvalue weighted by molar-refractivity contribution is -0.296. The molecule has 1 spiro atoms. The van der Waals surface area contributed by atoms with Gasteiger partial charge in [0.05, 0.1) is 36.3 Å². The van der Waals surface area contributed by atoms with Gasteiger partial charge in [-0.3, -0.25) is 9.59 Å². The fraction of sp³-hybridized carbons (Fsp3) is 0.846. The van der Waals surface area contributed by atoms with Crippen LogP contribution in [-0.2, 0) is 23.8 Å². The summed E-state index contributed by atoms with van der Waals surface area (Å²) in [6.45, 7) is 5.20. The van der Waals surface area contributed by atoms with Crippen molar-refractivity contribution in [2.45, 2.75) is 87.9 Å². The van der Waals surface area contributed by atoms with Crippen LogP contribution in [0.4, 0.5) is 0 Å². The Balaban J connectivity index is 1.44. The Labute approximate surface area is 214 Å². The molecule has 4 bridgehead atoms. The van der Waals surface area contributed by atoms with Crippen molar-refractivity contribution in [1.29, 1.82) is 0 Å². The quantitative estimate of drug-likeness (QED) is 0.192. The Bertz CT molecular complexity index is 1030. The number of carbonyl (C=O) groups excluding carboxylic acids is 2. The van der Waals surface area contributed by atoms with E-state index in [9.17, 15) is 40.2 Å². The minimum atomic E-state index is -1.77. The van der Waals surface area contributed by atoms with Crippen molar-refractivity contribution in [3.8, 4) is 0 Å². The van der Waals surface area contributed by atoms with Crippen molar-refractivity contribution in [3.63, 3.8) is 0 Å². The van der Waals surface area contributed by atoms with Gasteiger partial charge >= 0.3 is 11.9 Å². The molecule has 0 aromatic heterocycles. The molecule has 13 unspecified atom stereocenters. The fourth-order valence-corrected chi connectivity index (χ4v) is 9.44. The Morgan fingerprint density at radius 2 is 1.84 bits per heavy atom. The third-order valence-corrected chi connectivity index (χ3v) is 11.1. The zero-order valence-corrected chi connectivity index (χ0v) is 20.8. The minimum Gasteiger partial charge on any atom is -0.465 e. The second kappa shape index (κ2) is 7.97. The second-order valence-electron chi connectivity index (χ2n) is 12.5. The molecule has 13 atom stereocenters. The lowest BCUT2D eigenvalue weighted by atomic mass is 9.50. The zero-order valence-electron chi connectivity index (χ0n) is 20.8. The number of esters is 2. The fourth-order valence-electron chi connectivity index (χ4n) is 9.44. The summed E-state index contributed by atoms with van der Waals surface area (Å²) in [7, 11) is 0. The third-order valence-electron chi connectivity index (χ3n) is 11.1. The summed E-state index contributed by atoms with van der Waals surface area (Å²) >= 11 is 0. The van der Waals surface area contributed by atoms with Crippen molar-refractivity contribution >= 4 is 11.9 Å². The first-order valence-corrected chi connectivity index (χ1v) is 13.1. The molecule has 4 aliphatic carbocycles. The van der Waals surface area contributed by atoms with E-state index in [1.54, 1.807) is 6.92 Å². The van der Waals surface area contributed by atoms with Crippen molar-refractivity contribution in [2.75, 3.05) is 13.2 Å². The van der Waals surface area contributed by atoms with E-state index in [2.05, 4.69) is 6.58 Å². The summed E-state index contributed by atoms with van der Waals surface area (Å²) in [4.78, 5) is 27.4. The molecule has 4 saturated carbocycles. The molecule has 2 heterocycles. The van der Waals surface area contributed by atoms with Crippen molar-refractivity contribution in [2.24, 2.45) is 34.0 Å². The highest BCUT2D eigenvalue weighted by Crippen LogP contribution is 2.79. The molecule has 2 saturated heterocycles. The first kappa shape index (κ1) is 25.7. The Morgan fingerprint density at radius 1 is 1.11 bits per heavy atom. The molecule has 6 rings (SSSR count). The van der Waals surface area contributed by atoms with E-state index in [-0.39, 0.29) is 18.9 Å². The number of aliphatic hydroxyl groups is 6. The summed E-state index contributed by atoms with van der Waals surface area (Å²) in [6.07, 6.45) is -6.46. The van der Waals surface area contributed by atoms with E-state index in [1.165, 1.54) is 0 Å². The SMILES string of the molecule is C=C1CC23CC1(O)CCC2C12CCC(O)C(C)(C(=O)OC1)C2C3C(=O)OC1OC(CO)C(O)C(O)C1O. The molecule has 6 aliphatic rings. The number of cyclic esters (lactones) is 1. The van der Waals surface area contributed by atoms with Crippen LogP contribution in [0.2, 0.25) is 0 Å². The summed E-state index contributed by atoms with van der Waals surface area (Å²) in [5, 5.41) is 62.9. The van der Waals surface area contributed by atoms with Gasteiger partial charge in [0, 0.05) is 11.3 Å². The minimum absolute atomic E-state index is 0.100. The molecular weight excluding hydrogens is 488 g/mol. The molecule has 206 valence electrons. The van der Waals surface area contributed by atoms with Crippen molar-refractivity contribution in [1.82, 2.24) is 0 Å². The van der Waals surface area contributed by atoms with Gasteiger partial charge in [0.15, 0.2) is 0 Å². The molecular formula is C26H36O11. The van der Waals surface area contributed by atoms with Crippen LogP contribution in [0.5, 0.6) is 0 Å². The Hall–Kier alpha value is -1.60. The molecule has 6 N–H and O–H groups in total. The average molecular weight is 525 g/mol. The first-order chi connectivity index (χ1) is 17.4. The normalized spacial score (nSPS) is 56.4. The standard InChI is InChI=1S/C26H36O11/c1-11-7-25-9-26(11,34)6-3-13(25)24-5-4-14(28)23(2,22(33)35-10-24)19(24)15(25)20(32)37-21-18(31)17(30)16(29)12(8-27)36-21/h12-19,21,27-31,34H,1,3-10H2,2H3. The predicted molar refractivity (Wildman–Crippen MR) is 122 cm³/mol. The summed E-state index contributed by atoms with van der Waals surface area (Å²) in [5.41, 5.74) is -3.32. The van der Waals surface area contributed by atoms with Crippen LogP contribution in [0.1, 0.15) is 45.4 Å². The molecule has 37 heavy (non-hydrogen) atoms. The van der Waals surface area contributed by atoms with Gasteiger partial charge in [0.1, 0.15) is 24.4 Å². The van der Waals surface area contributed by atoms with Crippen LogP contribution in [0, 0.1) is 34.0 Å². The number of hydrogen-bond donors (Lipinski definition) is 6. The average Bonchev–Trinajstić information content (AvgIpc) is 3.23. The first-order valence-electron chi connectivity index (χ1n) is 13.1. The Morgan fingerprint density at radius 3 is 2.54 bits per heavy atom. The topological polar surface area (TPSA) is 183 Å². The van der Waals surface area contributed by atoms with E-state index in [0.717, 1.165) is 0 Å². The van der Waals surface area contributed by atoms with Crippen LogP contribution < -0.4 is 0 Å². The van der Waals surface area contributed by atoms with E-state index < -0.39 is 89.0 Å². The van der Waals surface area contributed by atoms with Crippen LogP contribution in [0.25, 0.3) is 0 Å². The number of rotatable bonds is 3. The second-order valence-corrected chi connectivity index (χ2v) is 12.5. The molecule has 0 aromatic carbocycles. The monoisotopic (exact) mass is 524 g/mol. The predicted octanol–water partition coefficient (Wildman–Crippen LogP) is -1.24. The maximum atomic E-state index is 14.2.